The molecule has 7 heteroatoms. The quantitative estimate of drug-likeness (QED) is 0.323. The minimum Gasteiger partial charge on any atom is -0.409 e. The molecule has 0 aliphatic rings. The molecule has 1 atom stereocenters. The standard InChI is InChI=1S/C10H11F2N3O2/c1-5(9(13)15-17)10(16)14-8-6(11)3-2-4-7(8)12/h2-5,17H,1H3,(H2,13,15)(H,14,16). The zero-order valence-electron chi connectivity index (χ0n) is 8.95. The van der Waals surface area contributed by atoms with Gasteiger partial charge in [-0.05, 0) is 19.1 Å². The Labute approximate surface area is 95.9 Å². The van der Waals surface area contributed by atoms with E-state index >= 15 is 0 Å². The Morgan fingerprint density at radius 1 is 1.47 bits per heavy atom. The molecule has 1 aromatic rings. The lowest BCUT2D eigenvalue weighted by atomic mass is 10.1. The number of nitrogens with two attached hydrogens (primary N) is 1. The summed E-state index contributed by atoms with van der Waals surface area (Å²) >= 11 is 0. The average Bonchev–Trinajstić information content (AvgIpc) is 2.31. The first kappa shape index (κ1) is 12.9. The maximum Gasteiger partial charge on any atom is 0.235 e. The predicted octanol–water partition coefficient (Wildman–Crippen LogP) is 1.29. The number of oxime groups is 1. The Bertz CT molecular complexity index is 443. The molecule has 0 bridgehead atoms. The SMILES string of the molecule is CC(C(=O)Nc1c(F)cccc1F)/C(N)=N/O. The fourth-order valence-corrected chi connectivity index (χ4v) is 1.07. The molecule has 92 valence electrons. The third-order valence-corrected chi connectivity index (χ3v) is 2.16. The highest BCUT2D eigenvalue weighted by Gasteiger charge is 2.20. The number of rotatable bonds is 3. The van der Waals surface area contributed by atoms with Crippen LogP contribution in [0.4, 0.5) is 14.5 Å². The summed E-state index contributed by atoms with van der Waals surface area (Å²) in [4.78, 5) is 11.5. The van der Waals surface area contributed by atoms with Crippen LogP contribution in [0.1, 0.15) is 6.92 Å². The molecule has 0 aliphatic heterocycles. The summed E-state index contributed by atoms with van der Waals surface area (Å²) in [5, 5.41) is 13.0. The largest absolute Gasteiger partial charge is 0.409 e. The molecule has 0 saturated heterocycles. The minimum absolute atomic E-state index is 0.348. The number of hydrogen-bond donors (Lipinski definition) is 3. The minimum atomic E-state index is -1.00. The van der Waals surface area contributed by atoms with Crippen molar-refractivity contribution in [1.82, 2.24) is 0 Å². The van der Waals surface area contributed by atoms with E-state index in [1.54, 1.807) is 0 Å². The van der Waals surface area contributed by atoms with Crippen molar-refractivity contribution in [2.45, 2.75) is 6.92 Å². The number of halogens is 2. The molecule has 0 heterocycles. The Kier molecular flexibility index (Phi) is 3.97. The van der Waals surface area contributed by atoms with Gasteiger partial charge in [-0.2, -0.15) is 0 Å². The number of carbonyl (C=O) groups is 1. The van der Waals surface area contributed by atoms with Crippen LogP contribution in [-0.4, -0.2) is 17.0 Å². The summed E-state index contributed by atoms with van der Waals surface area (Å²) in [6, 6.07) is 3.19. The van der Waals surface area contributed by atoms with E-state index in [-0.39, 0.29) is 5.84 Å². The van der Waals surface area contributed by atoms with E-state index in [4.69, 9.17) is 10.9 Å². The number of amidine groups is 1. The van der Waals surface area contributed by atoms with Gasteiger partial charge in [-0.15, -0.1) is 0 Å². The molecule has 1 rings (SSSR count). The van der Waals surface area contributed by atoms with E-state index in [2.05, 4.69) is 5.16 Å². The van der Waals surface area contributed by atoms with Gasteiger partial charge < -0.3 is 16.3 Å². The second kappa shape index (κ2) is 5.24. The summed E-state index contributed by atoms with van der Waals surface area (Å²) in [5.74, 6) is -3.92. The van der Waals surface area contributed by atoms with Crippen LogP contribution in [0.5, 0.6) is 0 Å². The van der Waals surface area contributed by atoms with Crippen molar-refractivity contribution in [2.75, 3.05) is 5.32 Å². The van der Waals surface area contributed by atoms with Crippen molar-refractivity contribution in [1.29, 1.82) is 0 Å². The van der Waals surface area contributed by atoms with E-state index in [0.717, 1.165) is 12.1 Å². The van der Waals surface area contributed by atoms with Crippen molar-refractivity contribution in [3.63, 3.8) is 0 Å². The summed E-state index contributed by atoms with van der Waals surface area (Å²) in [5.41, 5.74) is 4.64. The fraction of sp³-hybridized carbons (Fsp3) is 0.200. The van der Waals surface area contributed by atoms with Crippen LogP contribution in [0.2, 0.25) is 0 Å². The predicted molar refractivity (Wildman–Crippen MR) is 57.6 cm³/mol. The second-order valence-corrected chi connectivity index (χ2v) is 3.33. The van der Waals surface area contributed by atoms with Crippen LogP contribution < -0.4 is 11.1 Å². The summed E-state index contributed by atoms with van der Waals surface area (Å²) < 4.78 is 26.4. The molecule has 4 N–H and O–H groups in total. The van der Waals surface area contributed by atoms with Crippen LogP contribution in [0.3, 0.4) is 0 Å². The maximum absolute atomic E-state index is 13.2. The van der Waals surface area contributed by atoms with Gasteiger partial charge in [-0.3, -0.25) is 4.79 Å². The first-order chi connectivity index (χ1) is 7.97. The number of hydrogen-bond acceptors (Lipinski definition) is 3. The molecule has 0 spiro atoms. The smallest absolute Gasteiger partial charge is 0.235 e. The molecule has 0 saturated carbocycles. The Balaban J connectivity index is 2.89. The first-order valence-electron chi connectivity index (χ1n) is 4.69. The third-order valence-electron chi connectivity index (χ3n) is 2.16. The van der Waals surface area contributed by atoms with Crippen LogP contribution >= 0.6 is 0 Å². The number of amides is 1. The van der Waals surface area contributed by atoms with Gasteiger partial charge in [-0.25, -0.2) is 8.78 Å². The van der Waals surface area contributed by atoms with Gasteiger partial charge in [0.05, 0.1) is 5.92 Å². The summed E-state index contributed by atoms with van der Waals surface area (Å²) in [6.07, 6.45) is 0. The number of para-hydroxylation sites is 1. The molecule has 1 amide bonds. The molecule has 0 aliphatic carbocycles. The topological polar surface area (TPSA) is 87.7 Å². The normalized spacial score (nSPS) is 13.2. The van der Waals surface area contributed by atoms with E-state index in [1.165, 1.54) is 13.0 Å². The van der Waals surface area contributed by atoms with E-state index in [9.17, 15) is 13.6 Å². The Morgan fingerprint density at radius 2 is 2.00 bits per heavy atom. The van der Waals surface area contributed by atoms with Gasteiger partial charge in [0.25, 0.3) is 0 Å². The van der Waals surface area contributed by atoms with Gasteiger partial charge in [0.15, 0.2) is 5.84 Å². The van der Waals surface area contributed by atoms with E-state index in [1.807, 2.05) is 5.32 Å². The number of anilines is 1. The van der Waals surface area contributed by atoms with Crippen LogP contribution in [-0.2, 0) is 4.79 Å². The first-order valence-corrected chi connectivity index (χ1v) is 4.69. The maximum atomic E-state index is 13.2. The Morgan fingerprint density at radius 3 is 2.47 bits per heavy atom. The highest BCUT2D eigenvalue weighted by molar-refractivity contribution is 6.07. The number of carbonyl (C=O) groups excluding carboxylic acids is 1. The molecule has 0 fully saturated rings. The molecule has 5 nitrogen and oxygen atoms in total. The zero-order valence-corrected chi connectivity index (χ0v) is 8.95. The van der Waals surface area contributed by atoms with Crippen LogP contribution in [0.15, 0.2) is 23.4 Å². The number of nitrogens with one attached hydrogen (secondary N) is 1. The van der Waals surface area contributed by atoms with Gasteiger partial charge in [0.1, 0.15) is 17.3 Å². The van der Waals surface area contributed by atoms with Crippen molar-refractivity contribution in [3.8, 4) is 0 Å². The number of benzene rings is 1. The average molecular weight is 243 g/mol. The highest BCUT2D eigenvalue weighted by Crippen LogP contribution is 2.18. The zero-order chi connectivity index (χ0) is 13.0. The van der Waals surface area contributed by atoms with E-state index < -0.39 is 29.1 Å². The lowest BCUT2D eigenvalue weighted by molar-refractivity contribution is -0.117. The molecule has 1 aromatic carbocycles. The number of nitrogens with zero attached hydrogens (tertiary/aromatic N) is 1. The molecule has 0 radical (unpaired) electrons. The van der Waals surface area contributed by atoms with Gasteiger partial charge in [0.2, 0.25) is 5.91 Å². The fourth-order valence-electron chi connectivity index (χ4n) is 1.07. The third kappa shape index (κ3) is 2.90. The van der Waals surface area contributed by atoms with Crippen molar-refractivity contribution in [2.24, 2.45) is 16.8 Å². The molecule has 0 aromatic heterocycles. The lowest BCUT2D eigenvalue weighted by Gasteiger charge is -2.11. The summed E-state index contributed by atoms with van der Waals surface area (Å²) in [6.45, 7) is 1.34. The van der Waals surface area contributed by atoms with Crippen molar-refractivity contribution >= 4 is 17.4 Å². The molecule has 17 heavy (non-hydrogen) atoms. The van der Waals surface area contributed by atoms with Crippen LogP contribution in [0.25, 0.3) is 0 Å². The monoisotopic (exact) mass is 243 g/mol. The van der Waals surface area contributed by atoms with Gasteiger partial charge >= 0.3 is 0 Å². The highest BCUT2D eigenvalue weighted by atomic mass is 19.1. The lowest BCUT2D eigenvalue weighted by Crippen LogP contribution is -2.32. The Hall–Kier alpha value is -2.18. The molecular weight excluding hydrogens is 232 g/mol. The molecule has 1 unspecified atom stereocenters. The second-order valence-electron chi connectivity index (χ2n) is 3.33. The van der Waals surface area contributed by atoms with Crippen molar-refractivity contribution in [3.05, 3.63) is 29.8 Å². The van der Waals surface area contributed by atoms with Crippen molar-refractivity contribution < 1.29 is 18.8 Å². The van der Waals surface area contributed by atoms with Gasteiger partial charge in [-0.1, -0.05) is 11.2 Å². The van der Waals surface area contributed by atoms with Crippen LogP contribution in [0, 0.1) is 17.6 Å². The van der Waals surface area contributed by atoms with E-state index in [0.29, 0.717) is 0 Å². The van der Waals surface area contributed by atoms with Gasteiger partial charge in [0, 0.05) is 0 Å². The molecular formula is C10H11F2N3O2. The summed E-state index contributed by atoms with van der Waals surface area (Å²) in [7, 11) is 0.